The van der Waals surface area contributed by atoms with Gasteiger partial charge in [-0.05, 0) is 44.9 Å². The molecule has 15 heteroatoms. The normalized spacial score (nSPS) is 27.7. The molecule has 3 aliphatic rings. The Kier molecular flexibility index (Phi) is 7.53. The van der Waals surface area contributed by atoms with Crippen LogP contribution in [0.2, 0.25) is 0 Å². The third-order valence-electron chi connectivity index (χ3n) is 7.29. The van der Waals surface area contributed by atoms with Crippen LogP contribution in [-0.4, -0.2) is 67.4 Å². The van der Waals surface area contributed by atoms with Crippen molar-refractivity contribution in [3.05, 3.63) is 23.8 Å². The van der Waals surface area contributed by atoms with Gasteiger partial charge in [0, 0.05) is 11.8 Å². The molecule has 1 saturated heterocycles. The fourth-order valence-corrected chi connectivity index (χ4v) is 5.59. The fourth-order valence-electron chi connectivity index (χ4n) is 5.30. The van der Waals surface area contributed by atoms with E-state index >= 15 is 0 Å². The molecule has 216 valence electrons. The molecule has 11 nitrogen and oxygen atoms in total. The summed E-state index contributed by atoms with van der Waals surface area (Å²) >= 11 is 0. The van der Waals surface area contributed by atoms with Gasteiger partial charge in [-0.1, -0.05) is 6.92 Å². The lowest BCUT2D eigenvalue weighted by atomic mass is 9.78. The lowest BCUT2D eigenvalue weighted by Crippen LogP contribution is -2.44. The molecule has 6 atom stereocenters. The molecule has 39 heavy (non-hydrogen) atoms. The van der Waals surface area contributed by atoms with E-state index < -0.39 is 94.0 Å². The van der Waals surface area contributed by atoms with Crippen LogP contribution in [0.4, 0.5) is 13.2 Å². The average Bonchev–Trinajstić information content (AvgIpc) is 3.42. The van der Waals surface area contributed by atoms with Gasteiger partial charge in [-0.2, -0.15) is 8.42 Å². The van der Waals surface area contributed by atoms with E-state index in [1.165, 1.54) is 0 Å². The Bertz CT molecular complexity index is 1260. The number of halogens is 3. The van der Waals surface area contributed by atoms with Gasteiger partial charge in [-0.25, -0.2) is 4.79 Å². The van der Waals surface area contributed by atoms with Gasteiger partial charge >= 0.3 is 24.3 Å². The summed E-state index contributed by atoms with van der Waals surface area (Å²) in [7, 11) is -4.38. The predicted molar refractivity (Wildman–Crippen MR) is 123 cm³/mol. The van der Waals surface area contributed by atoms with Crippen molar-refractivity contribution in [1.82, 2.24) is 0 Å². The van der Waals surface area contributed by atoms with Crippen molar-refractivity contribution >= 4 is 28.0 Å². The van der Waals surface area contributed by atoms with Crippen LogP contribution in [0, 0.1) is 23.7 Å². The van der Waals surface area contributed by atoms with E-state index in [4.69, 9.17) is 23.5 Å². The summed E-state index contributed by atoms with van der Waals surface area (Å²) in [6.45, 7) is 4.41. The van der Waals surface area contributed by atoms with Crippen molar-refractivity contribution in [2.75, 3.05) is 12.4 Å². The number of alkyl halides is 3. The molecule has 1 heterocycles. The molecule has 0 aromatic heterocycles. The van der Waals surface area contributed by atoms with Crippen molar-refractivity contribution in [3.8, 4) is 11.5 Å². The maximum Gasteiger partial charge on any atom is 0.573 e. The van der Waals surface area contributed by atoms with Gasteiger partial charge in [0.1, 0.15) is 30.2 Å². The Labute approximate surface area is 221 Å². The van der Waals surface area contributed by atoms with Gasteiger partial charge in [-0.15, -0.1) is 13.2 Å². The van der Waals surface area contributed by atoms with E-state index in [-0.39, 0.29) is 11.3 Å². The average molecular weight is 581 g/mol. The first-order valence-corrected chi connectivity index (χ1v) is 13.7. The second-order valence-electron chi connectivity index (χ2n) is 10.3. The van der Waals surface area contributed by atoms with Gasteiger partial charge in [0.2, 0.25) is 0 Å². The number of carbonyl (C=O) groups excluding carboxylic acids is 3. The molecule has 6 unspecified atom stereocenters. The van der Waals surface area contributed by atoms with Crippen LogP contribution in [-0.2, 0) is 33.9 Å². The number of esters is 3. The molecule has 1 aliphatic heterocycles. The second-order valence-corrected chi connectivity index (χ2v) is 11.8. The van der Waals surface area contributed by atoms with E-state index in [1.54, 1.807) is 20.8 Å². The maximum atomic E-state index is 13.1. The van der Waals surface area contributed by atoms with Crippen molar-refractivity contribution in [2.24, 2.45) is 23.7 Å². The minimum atomic E-state index is -5.01. The van der Waals surface area contributed by atoms with E-state index in [2.05, 4.69) is 4.74 Å². The van der Waals surface area contributed by atoms with E-state index in [9.17, 15) is 36.0 Å². The van der Waals surface area contributed by atoms with Crippen LogP contribution in [0.25, 0.3) is 0 Å². The summed E-state index contributed by atoms with van der Waals surface area (Å²) in [5.74, 6) is -7.36. The Morgan fingerprint density at radius 3 is 2.44 bits per heavy atom. The summed E-state index contributed by atoms with van der Waals surface area (Å²) in [5.41, 5.74) is -1.06. The number of carbonyl (C=O) groups is 3. The number of hydrogen-bond donors (Lipinski definition) is 1. The highest BCUT2D eigenvalue weighted by Gasteiger charge is 2.70. The zero-order chi connectivity index (χ0) is 28.9. The first-order chi connectivity index (χ1) is 18.0. The standard InChI is InChI=1S/C24H27F3O11S/c1-4-23(2,3)37-15-9-11(5-6-14(15)38-24(25,26)27)20(28)35-18-12-10-13-17(22(30)36-19(13)18)16(12)21(29)34-7-8-39(31,32)33/h5-6,9,12-13,16-19H,4,7-8,10H2,1-3H3,(H,31,32,33). The third kappa shape index (κ3) is 6.24. The largest absolute Gasteiger partial charge is 0.573 e. The minimum absolute atomic E-state index is 0.164. The van der Waals surface area contributed by atoms with Crippen LogP contribution in [0.15, 0.2) is 18.2 Å². The highest BCUT2D eigenvalue weighted by atomic mass is 32.2. The highest BCUT2D eigenvalue weighted by molar-refractivity contribution is 7.85. The summed E-state index contributed by atoms with van der Waals surface area (Å²) < 4.78 is 95.1. The lowest BCUT2D eigenvalue weighted by Gasteiger charge is -2.30. The van der Waals surface area contributed by atoms with Gasteiger partial charge in [0.05, 0.1) is 17.4 Å². The molecule has 0 amide bonds. The SMILES string of the molecule is CCC(C)(C)Oc1cc(C(=O)OC2C3CC4C2OC(=O)C4C3C(=O)OCCS(=O)(=O)O)ccc1OC(F)(F)F. The lowest BCUT2D eigenvalue weighted by molar-refractivity contribution is -0.275. The molecule has 1 aromatic rings. The number of rotatable bonds is 10. The molecular weight excluding hydrogens is 553 g/mol. The first kappa shape index (κ1) is 28.9. The summed E-state index contributed by atoms with van der Waals surface area (Å²) in [4.78, 5) is 38.3. The summed E-state index contributed by atoms with van der Waals surface area (Å²) in [6, 6.07) is 3.04. The molecule has 2 saturated carbocycles. The molecular formula is C24H27F3O11S. The van der Waals surface area contributed by atoms with Crippen LogP contribution in [0.3, 0.4) is 0 Å². The smallest absolute Gasteiger partial charge is 0.484 e. The monoisotopic (exact) mass is 580 g/mol. The Balaban J connectivity index is 1.54. The number of ether oxygens (including phenoxy) is 5. The third-order valence-corrected chi connectivity index (χ3v) is 7.97. The van der Waals surface area contributed by atoms with Crippen LogP contribution in [0.1, 0.15) is 44.0 Å². The molecule has 2 aliphatic carbocycles. The minimum Gasteiger partial charge on any atom is -0.484 e. The molecule has 0 radical (unpaired) electrons. The van der Waals surface area contributed by atoms with Crippen molar-refractivity contribution in [3.63, 3.8) is 0 Å². The van der Waals surface area contributed by atoms with E-state index in [0.717, 1.165) is 18.2 Å². The molecule has 2 bridgehead atoms. The zero-order valence-electron chi connectivity index (χ0n) is 21.1. The first-order valence-electron chi connectivity index (χ1n) is 12.1. The van der Waals surface area contributed by atoms with Crippen molar-refractivity contribution in [2.45, 2.75) is 57.8 Å². The molecule has 1 aromatic carbocycles. The van der Waals surface area contributed by atoms with Gasteiger partial charge in [0.25, 0.3) is 10.1 Å². The Morgan fingerprint density at radius 1 is 1.13 bits per heavy atom. The number of hydrogen-bond acceptors (Lipinski definition) is 10. The van der Waals surface area contributed by atoms with Crippen molar-refractivity contribution in [1.29, 1.82) is 0 Å². The number of benzene rings is 1. The van der Waals surface area contributed by atoms with Gasteiger partial charge in [-0.3, -0.25) is 14.1 Å². The molecule has 0 spiro atoms. The molecule has 1 N–H and O–H groups in total. The zero-order valence-corrected chi connectivity index (χ0v) is 21.9. The second kappa shape index (κ2) is 10.2. The Hall–Kier alpha value is -3.07. The van der Waals surface area contributed by atoms with E-state index in [1.807, 2.05) is 0 Å². The van der Waals surface area contributed by atoms with Crippen LogP contribution >= 0.6 is 0 Å². The van der Waals surface area contributed by atoms with Gasteiger partial charge in [0.15, 0.2) is 11.5 Å². The van der Waals surface area contributed by atoms with Gasteiger partial charge < -0.3 is 23.7 Å². The summed E-state index contributed by atoms with van der Waals surface area (Å²) in [5, 5.41) is 0. The summed E-state index contributed by atoms with van der Waals surface area (Å²) in [6.07, 6.45) is -6.15. The maximum absolute atomic E-state index is 13.1. The van der Waals surface area contributed by atoms with Crippen LogP contribution in [0.5, 0.6) is 11.5 Å². The number of fused-ring (bicyclic) bond motifs is 1. The fraction of sp³-hybridized carbons (Fsp3) is 0.625. The van der Waals surface area contributed by atoms with Crippen molar-refractivity contribution < 1.29 is 64.2 Å². The van der Waals surface area contributed by atoms with Crippen LogP contribution < -0.4 is 9.47 Å². The quantitative estimate of drug-likeness (QED) is 0.247. The predicted octanol–water partition coefficient (Wildman–Crippen LogP) is 2.92. The molecule has 3 fully saturated rings. The highest BCUT2D eigenvalue weighted by Crippen LogP contribution is 2.59. The Morgan fingerprint density at radius 2 is 1.82 bits per heavy atom. The topological polar surface area (TPSA) is 152 Å². The van der Waals surface area contributed by atoms with E-state index in [0.29, 0.717) is 12.8 Å². The molecule has 4 rings (SSSR count).